The van der Waals surface area contributed by atoms with Gasteiger partial charge in [0.15, 0.2) is 6.29 Å². The number of ketones is 1. The van der Waals surface area contributed by atoms with E-state index in [9.17, 15) is 14.4 Å². The highest BCUT2D eigenvalue weighted by Gasteiger charge is 2.28. The van der Waals surface area contributed by atoms with Gasteiger partial charge in [0.05, 0.1) is 12.7 Å². The molecule has 2 aromatic rings. The molecule has 0 aliphatic carbocycles. The third-order valence-corrected chi connectivity index (χ3v) is 4.89. The van der Waals surface area contributed by atoms with Crippen LogP contribution in [0.25, 0.3) is 0 Å². The molecule has 1 aromatic heterocycles. The third kappa shape index (κ3) is 3.56. The van der Waals surface area contributed by atoms with Crippen molar-refractivity contribution in [1.82, 2.24) is 19.5 Å². The lowest BCUT2D eigenvalue weighted by Crippen LogP contribution is -2.51. The Bertz CT molecular complexity index is 928. The average molecular weight is 380 g/mol. The highest BCUT2D eigenvalue weighted by atomic mass is 16.2. The van der Waals surface area contributed by atoms with E-state index in [2.05, 4.69) is 32.4 Å². The predicted octanol–water partition coefficient (Wildman–Crippen LogP) is 0.239. The number of aldehydes is 1. The minimum atomic E-state index is -0.729. The summed E-state index contributed by atoms with van der Waals surface area (Å²) in [5.41, 5.74) is 1.58. The molecule has 0 atom stereocenters. The second-order valence-electron chi connectivity index (χ2n) is 6.72. The topological polar surface area (TPSA) is 99.9 Å². The molecule has 9 heteroatoms. The number of aromatic nitrogens is 2. The number of imidazole rings is 1. The first-order chi connectivity index (χ1) is 13.7. The fraction of sp³-hybridized carbons (Fsp3) is 0.316. The number of anilines is 1. The van der Waals surface area contributed by atoms with Crippen LogP contribution in [0.2, 0.25) is 0 Å². The maximum atomic E-state index is 12.8. The van der Waals surface area contributed by atoms with Crippen molar-refractivity contribution in [2.24, 2.45) is 5.10 Å². The molecule has 0 radical (unpaired) electrons. The Balaban J connectivity index is 1.41. The van der Waals surface area contributed by atoms with Crippen molar-refractivity contribution in [3.05, 3.63) is 47.8 Å². The summed E-state index contributed by atoms with van der Waals surface area (Å²) >= 11 is 0. The first-order valence-corrected chi connectivity index (χ1v) is 9.10. The van der Waals surface area contributed by atoms with Crippen molar-refractivity contribution in [3.8, 4) is 0 Å². The number of rotatable bonds is 5. The number of Topliss-reactive ketones (excluding diaryl/α,β-unsaturated/α-hetero) is 1. The van der Waals surface area contributed by atoms with Gasteiger partial charge in [-0.3, -0.25) is 19.3 Å². The number of nitrogens with one attached hydrogen (secondary N) is 1. The zero-order valence-corrected chi connectivity index (χ0v) is 15.2. The number of hydrogen-bond acceptors (Lipinski definition) is 7. The number of nitrogens with zero attached hydrogens (tertiary/aromatic N) is 5. The molecule has 2 aliphatic heterocycles. The number of fused-ring (bicyclic) bond motifs is 1. The zero-order chi connectivity index (χ0) is 19.5. The highest BCUT2D eigenvalue weighted by Crippen LogP contribution is 2.16. The lowest BCUT2D eigenvalue weighted by atomic mass is 10.2. The Labute approximate surface area is 161 Å². The van der Waals surface area contributed by atoms with Crippen LogP contribution in [0.15, 0.2) is 41.6 Å². The van der Waals surface area contributed by atoms with Crippen molar-refractivity contribution in [2.45, 2.75) is 6.54 Å². The number of hydrogen-bond donors (Lipinski definition) is 1. The van der Waals surface area contributed by atoms with Crippen molar-refractivity contribution < 1.29 is 14.4 Å². The minimum absolute atomic E-state index is 0.0372. The zero-order valence-electron chi connectivity index (χ0n) is 15.2. The molecule has 144 valence electrons. The standard InChI is InChI=1S/C19H20N6O3/c26-13-17(27)16-11-21-19-20-10-15(22-25(16)19)18(28)24-8-6-23(7-9-24)12-14-4-2-1-3-5-14/h1-5,11,13H,6-10,12H2,(H,20,21). The highest BCUT2D eigenvalue weighted by molar-refractivity contribution is 6.40. The monoisotopic (exact) mass is 380 g/mol. The number of carbonyl (C=O) groups excluding carboxylic acids is 3. The van der Waals surface area contributed by atoms with Crippen LogP contribution in [0.1, 0.15) is 16.1 Å². The van der Waals surface area contributed by atoms with Crippen molar-refractivity contribution >= 4 is 29.6 Å². The summed E-state index contributed by atoms with van der Waals surface area (Å²) in [6, 6.07) is 10.2. The van der Waals surface area contributed by atoms with E-state index >= 15 is 0 Å². The largest absolute Gasteiger partial charge is 0.348 e. The molecule has 9 nitrogen and oxygen atoms in total. The molecule has 0 bridgehead atoms. The number of piperazine rings is 1. The molecule has 1 saturated heterocycles. The van der Waals surface area contributed by atoms with E-state index in [0.29, 0.717) is 24.7 Å². The predicted molar refractivity (Wildman–Crippen MR) is 102 cm³/mol. The molecule has 1 N–H and O–H groups in total. The van der Waals surface area contributed by atoms with E-state index in [1.54, 1.807) is 4.90 Å². The third-order valence-electron chi connectivity index (χ3n) is 4.89. The van der Waals surface area contributed by atoms with Crippen LogP contribution in [0, 0.1) is 0 Å². The van der Waals surface area contributed by atoms with Gasteiger partial charge < -0.3 is 10.2 Å². The Morgan fingerprint density at radius 3 is 2.57 bits per heavy atom. The summed E-state index contributed by atoms with van der Waals surface area (Å²) in [6.07, 6.45) is 1.49. The van der Waals surface area contributed by atoms with E-state index in [-0.39, 0.29) is 24.4 Å². The van der Waals surface area contributed by atoms with Gasteiger partial charge in [0.1, 0.15) is 11.4 Å². The Morgan fingerprint density at radius 1 is 1.11 bits per heavy atom. The van der Waals surface area contributed by atoms with E-state index in [4.69, 9.17) is 0 Å². The van der Waals surface area contributed by atoms with Crippen LogP contribution in [0.5, 0.6) is 0 Å². The lowest BCUT2D eigenvalue weighted by Gasteiger charge is -2.35. The molecule has 28 heavy (non-hydrogen) atoms. The second-order valence-corrected chi connectivity index (χ2v) is 6.72. The van der Waals surface area contributed by atoms with Gasteiger partial charge in [-0.05, 0) is 5.56 Å². The van der Waals surface area contributed by atoms with Crippen molar-refractivity contribution in [2.75, 3.05) is 38.0 Å². The minimum Gasteiger partial charge on any atom is -0.348 e. The molecule has 0 unspecified atom stereocenters. The normalized spacial score (nSPS) is 16.7. The smallest absolute Gasteiger partial charge is 0.272 e. The van der Waals surface area contributed by atoms with Crippen LogP contribution in [0.3, 0.4) is 0 Å². The van der Waals surface area contributed by atoms with Gasteiger partial charge in [0, 0.05) is 32.7 Å². The van der Waals surface area contributed by atoms with Gasteiger partial charge in [0.25, 0.3) is 5.91 Å². The molecule has 3 heterocycles. The van der Waals surface area contributed by atoms with Crippen LogP contribution in [-0.2, 0) is 16.1 Å². The molecule has 1 fully saturated rings. The van der Waals surface area contributed by atoms with Gasteiger partial charge in [-0.25, -0.2) is 4.98 Å². The Hall–Kier alpha value is -3.33. The maximum absolute atomic E-state index is 12.8. The van der Waals surface area contributed by atoms with Crippen molar-refractivity contribution in [1.29, 1.82) is 0 Å². The summed E-state index contributed by atoms with van der Waals surface area (Å²) in [4.78, 5) is 43.4. The fourth-order valence-electron chi connectivity index (χ4n) is 3.37. The second kappa shape index (κ2) is 7.73. The molecular weight excluding hydrogens is 360 g/mol. The van der Waals surface area contributed by atoms with Gasteiger partial charge in [-0.1, -0.05) is 30.3 Å². The quantitative estimate of drug-likeness (QED) is 0.453. The summed E-state index contributed by atoms with van der Waals surface area (Å²) < 4.78 is 1.22. The first kappa shape index (κ1) is 18.1. The first-order valence-electron chi connectivity index (χ1n) is 9.10. The summed E-state index contributed by atoms with van der Waals surface area (Å²) in [6.45, 7) is 3.89. The average Bonchev–Trinajstić information content (AvgIpc) is 3.17. The van der Waals surface area contributed by atoms with Crippen LogP contribution in [0.4, 0.5) is 5.95 Å². The SMILES string of the molecule is O=CC(=O)c1cnc2n1N=C(C(=O)N1CCN(Cc3ccccc3)CC1)CN2. The molecular formula is C19H20N6O3. The molecule has 0 spiro atoms. The van der Waals surface area contributed by atoms with Gasteiger partial charge >= 0.3 is 0 Å². The van der Waals surface area contributed by atoms with E-state index in [0.717, 1.165) is 19.6 Å². The van der Waals surface area contributed by atoms with Gasteiger partial charge in [-0.15, -0.1) is 0 Å². The lowest BCUT2D eigenvalue weighted by molar-refractivity contribution is -0.125. The van der Waals surface area contributed by atoms with Gasteiger partial charge in [0.2, 0.25) is 11.7 Å². The van der Waals surface area contributed by atoms with E-state index in [1.807, 2.05) is 18.2 Å². The summed E-state index contributed by atoms with van der Waals surface area (Å²) in [5.74, 6) is -0.558. The van der Waals surface area contributed by atoms with E-state index < -0.39 is 5.78 Å². The molecule has 1 aromatic carbocycles. The number of benzene rings is 1. The Morgan fingerprint density at radius 2 is 1.86 bits per heavy atom. The number of carbonyl (C=O) groups is 3. The van der Waals surface area contributed by atoms with Crippen molar-refractivity contribution in [3.63, 3.8) is 0 Å². The van der Waals surface area contributed by atoms with E-state index in [1.165, 1.54) is 16.4 Å². The maximum Gasteiger partial charge on any atom is 0.272 e. The molecule has 0 saturated carbocycles. The summed E-state index contributed by atoms with van der Waals surface area (Å²) in [5, 5.41) is 7.23. The van der Waals surface area contributed by atoms with Gasteiger partial charge in [-0.2, -0.15) is 9.78 Å². The number of amides is 1. The van der Waals surface area contributed by atoms with Crippen LogP contribution >= 0.6 is 0 Å². The molecule has 4 rings (SSSR count). The molecule has 2 aliphatic rings. The van der Waals surface area contributed by atoms with Crippen LogP contribution in [-0.4, -0.2) is 75.9 Å². The van der Waals surface area contributed by atoms with Crippen LogP contribution < -0.4 is 5.32 Å². The fourth-order valence-corrected chi connectivity index (χ4v) is 3.37. The summed E-state index contributed by atoms with van der Waals surface area (Å²) in [7, 11) is 0. The molecule has 1 amide bonds. The Kier molecular flexibility index (Phi) is 4.98.